The summed E-state index contributed by atoms with van der Waals surface area (Å²) >= 11 is 0. The monoisotopic (exact) mass is 192 g/mol. The van der Waals surface area contributed by atoms with Crippen molar-refractivity contribution in [2.75, 3.05) is 6.16 Å². The number of rotatable bonds is 4. The first-order chi connectivity index (χ1) is 5.31. The SMILES string of the molecule is CC1(CC(=O)CP(=O)(O)O)CC1. The third-order valence-corrected chi connectivity index (χ3v) is 2.87. The number of Topliss-reactive ketones (excluding diaryl/α,β-unsaturated/α-hetero) is 1. The molecule has 5 heteroatoms. The van der Waals surface area contributed by atoms with Gasteiger partial charge in [0.2, 0.25) is 0 Å². The molecule has 0 aromatic heterocycles. The van der Waals surface area contributed by atoms with Gasteiger partial charge in [-0.15, -0.1) is 0 Å². The van der Waals surface area contributed by atoms with Crippen molar-refractivity contribution in [2.45, 2.75) is 26.2 Å². The van der Waals surface area contributed by atoms with E-state index < -0.39 is 13.8 Å². The van der Waals surface area contributed by atoms with Crippen LogP contribution in [0.2, 0.25) is 0 Å². The number of hydrogen-bond acceptors (Lipinski definition) is 2. The molecule has 1 saturated carbocycles. The Kier molecular flexibility index (Phi) is 2.43. The van der Waals surface area contributed by atoms with Crippen LogP contribution in [0.25, 0.3) is 0 Å². The van der Waals surface area contributed by atoms with Gasteiger partial charge in [0, 0.05) is 6.42 Å². The second kappa shape index (κ2) is 2.95. The highest BCUT2D eigenvalue weighted by atomic mass is 31.2. The summed E-state index contributed by atoms with van der Waals surface area (Å²) in [5.41, 5.74) is 0.0479. The van der Waals surface area contributed by atoms with Gasteiger partial charge in [0.1, 0.15) is 11.9 Å². The van der Waals surface area contributed by atoms with Gasteiger partial charge in [-0.3, -0.25) is 9.36 Å². The van der Waals surface area contributed by atoms with E-state index in [9.17, 15) is 9.36 Å². The maximum atomic E-state index is 11.0. The van der Waals surface area contributed by atoms with Crippen LogP contribution in [-0.4, -0.2) is 21.7 Å². The molecule has 0 unspecified atom stereocenters. The molecule has 0 saturated heterocycles. The van der Waals surface area contributed by atoms with Crippen molar-refractivity contribution in [3.05, 3.63) is 0 Å². The molecule has 2 N–H and O–H groups in total. The summed E-state index contributed by atoms with van der Waals surface area (Å²) in [6, 6.07) is 0. The lowest BCUT2D eigenvalue weighted by molar-refractivity contribution is -0.117. The predicted octanol–water partition coefficient (Wildman–Crippen LogP) is 0.923. The predicted molar refractivity (Wildman–Crippen MR) is 43.9 cm³/mol. The first-order valence-corrected chi connectivity index (χ1v) is 5.67. The minimum Gasteiger partial charge on any atom is -0.324 e. The first-order valence-electron chi connectivity index (χ1n) is 3.87. The van der Waals surface area contributed by atoms with Gasteiger partial charge in [-0.1, -0.05) is 6.92 Å². The second-order valence-electron chi connectivity index (χ2n) is 3.85. The molecule has 0 aromatic rings. The van der Waals surface area contributed by atoms with Crippen molar-refractivity contribution in [3.63, 3.8) is 0 Å². The molecule has 0 aliphatic heterocycles. The smallest absolute Gasteiger partial charge is 0.324 e. The van der Waals surface area contributed by atoms with Crippen molar-refractivity contribution >= 4 is 13.4 Å². The van der Waals surface area contributed by atoms with Crippen LogP contribution in [0.1, 0.15) is 26.2 Å². The van der Waals surface area contributed by atoms with Gasteiger partial charge < -0.3 is 9.79 Å². The van der Waals surface area contributed by atoms with E-state index in [-0.39, 0.29) is 11.2 Å². The molecule has 4 nitrogen and oxygen atoms in total. The minimum absolute atomic E-state index is 0.0479. The fraction of sp³-hybridized carbons (Fsp3) is 0.857. The largest absolute Gasteiger partial charge is 0.332 e. The number of ketones is 1. The van der Waals surface area contributed by atoms with Crippen LogP contribution < -0.4 is 0 Å². The minimum atomic E-state index is -4.13. The van der Waals surface area contributed by atoms with Crippen LogP contribution in [-0.2, 0) is 9.36 Å². The summed E-state index contributed by atoms with van der Waals surface area (Å²) in [4.78, 5) is 28.0. The summed E-state index contributed by atoms with van der Waals surface area (Å²) < 4.78 is 10.4. The van der Waals surface area contributed by atoms with Gasteiger partial charge in [0.05, 0.1) is 0 Å². The van der Waals surface area contributed by atoms with Crippen LogP contribution in [0.5, 0.6) is 0 Å². The lowest BCUT2D eigenvalue weighted by Gasteiger charge is -2.07. The summed E-state index contributed by atoms with van der Waals surface area (Å²) in [6.45, 7) is 1.96. The molecule has 0 radical (unpaired) electrons. The Morgan fingerprint density at radius 1 is 1.50 bits per heavy atom. The fourth-order valence-corrected chi connectivity index (χ4v) is 1.72. The van der Waals surface area contributed by atoms with Crippen molar-refractivity contribution in [2.24, 2.45) is 5.41 Å². The zero-order chi connectivity index (χ0) is 9.41. The number of carbonyl (C=O) groups excluding carboxylic acids is 1. The first kappa shape index (κ1) is 9.90. The zero-order valence-corrected chi connectivity index (χ0v) is 7.88. The van der Waals surface area contributed by atoms with E-state index in [4.69, 9.17) is 9.79 Å². The molecule has 0 amide bonds. The van der Waals surface area contributed by atoms with E-state index in [1.54, 1.807) is 0 Å². The quantitative estimate of drug-likeness (QED) is 0.649. The Hall–Kier alpha value is -0.180. The van der Waals surface area contributed by atoms with Gasteiger partial charge in [0.25, 0.3) is 0 Å². The molecule has 0 atom stereocenters. The molecule has 0 bridgehead atoms. The zero-order valence-electron chi connectivity index (χ0n) is 6.99. The summed E-state index contributed by atoms with van der Waals surface area (Å²) in [7, 11) is -4.13. The highest BCUT2D eigenvalue weighted by Gasteiger charge is 2.39. The van der Waals surface area contributed by atoms with Gasteiger partial charge >= 0.3 is 7.60 Å². The van der Waals surface area contributed by atoms with Crippen LogP contribution in [0, 0.1) is 5.41 Å². The average molecular weight is 192 g/mol. The lowest BCUT2D eigenvalue weighted by atomic mass is 10.0. The molecule has 1 aliphatic carbocycles. The molecule has 1 rings (SSSR count). The summed E-state index contributed by atoms with van der Waals surface area (Å²) in [6.07, 6.45) is 1.72. The summed E-state index contributed by atoms with van der Waals surface area (Å²) in [5, 5.41) is 0. The van der Waals surface area contributed by atoms with Gasteiger partial charge in [-0.2, -0.15) is 0 Å². The average Bonchev–Trinajstić information content (AvgIpc) is 2.40. The molecular formula is C7H13O4P. The molecule has 0 aromatic carbocycles. The van der Waals surface area contributed by atoms with Gasteiger partial charge in [-0.25, -0.2) is 0 Å². The second-order valence-corrected chi connectivity index (χ2v) is 5.49. The van der Waals surface area contributed by atoms with Crippen molar-refractivity contribution in [3.8, 4) is 0 Å². The van der Waals surface area contributed by atoms with E-state index in [1.165, 1.54) is 0 Å². The molecular weight excluding hydrogens is 179 g/mol. The molecule has 70 valence electrons. The van der Waals surface area contributed by atoms with E-state index in [2.05, 4.69) is 0 Å². The van der Waals surface area contributed by atoms with E-state index in [0.717, 1.165) is 12.8 Å². The third-order valence-electron chi connectivity index (χ3n) is 2.11. The molecule has 0 heterocycles. The highest BCUT2D eigenvalue weighted by Crippen LogP contribution is 2.49. The molecule has 0 spiro atoms. The van der Waals surface area contributed by atoms with Crippen molar-refractivity contribution in [1.82, 2.24) is 0 Å². The maximum absolute atomic E-state index is 11.0. The van der Waals surface area contributed by atoms with Crippen molar-refractivity contribution < 1.29 is 19.1 Å². The molecule has 12 heavy (non-hydrogen) atoms. The lowest BCUT2D eigenvalue weighted by Crippen LogP contribution is -2.10. The Balaban J connectivity index is 2.35. The third kappa shape index (κ3) is 3.48. The number of carbonyl (C=O) groups is 1. The fourth-order valence-electron chi connectivity index (χ4n) is 1.15. The highest BCUT2D eigenvalue weighted by molar-refractivity contribution is 7.52. The standard InChI is InChI=1S/C7H13O4P/c1-7(2-3-7)4-6(8)5-12(9,10)11/h2-5H2,1H3,(H2,9,10,11). The van der Waals surface area contributed by atoms with E-state index in [0.29, 0.717) is 6.42 Å². The van der Waals surface area contributed by atoms with Gasteiger partial charge in [-0.05, 0) is 18.3 Å². The Morgan fingerprint density at radius 3 is 2.33 bits per heavy atom. The summed E-state index contributed by atoms with van der Waals surface area (Å²) in [5.74, 6) is -0.316. The number of hydrogen-bond donors (Lipinski definition) is 2. The molecule has 1 fully saturated rings. The topological polar surface area (TPSA) is 74.6 Å². The van der Waals surface area contributed by atoms with Crippen LogP contribution in [0.3, 0.4) is 0 Å². The van der Waals surface area contributed by atoms with Gasteiger partial charge in [0.15, 0.2) is 0 Å². The Bertz CT molecular complexity index is 238. The van der Waals surface area contributed by atoms with Crippen LogP contribution in [0.4, 0.5) is 0 Å². The Labute approximate surface area is 71.1 Å². The molecule has 1 aliphatic rings. The van der Waals surface area contributed by atoms with E-state index >= 15 is 0 Å². The van der Waals surface area contributed by atoms with Crippen LogP contribution in [0.15, 0.2) is 0 Å². The van der Waals surface area contributed by atoms with E-state index in [1.807, 2.05) is 6.92 Å². The van der Waals surface area contributed by atoms with Crippen LogP contribution >= 0.6 is 7.60 Å². The maximum Gasteiger partial charge on any atom is 0.332 e. The van der Waals surface area contributed by atoms with Crippen molar-refractivity contribution in [1.29, 1.82) is 0 Å². The Morgan fingerprint density at radius 2 is 2.00 bits per heavy atom. The normalized spacial score (nSPS) is 20.6.